The molecule has 0 aliphatic carbocycles. The maximum atomic E-state index is 13.5. The molecule has 1 heterocycles. The lowest BCUT2D eigenvalue weighted by molar-refractivity contribution is -0.117. The van der Waals surface area contributed by atoms with E-state index in [9.17, 15) is 22.0 Å². The fraction of sp³-hybridized carbons (Fsp3) is 0.300. The van der Waals surface area contributed by atoms with Crippen molar-refractivity contribution in [3.63, 3.8) is 0 Å². The summed E-state index contributed by atoms with van der Waals surface area (Å²) < 4.78 is 49.2. The van der Waals surface area contributed by atoms with E-state index < -0.39 is 38.5 Å². The Balaban J connectivity index is 2.39. The number of halogens is 2. The number of nitrogens with two attached hydrogens (primary N) is 1. The number of para-hydroxylation sites is 1. The van der Waals surface area contributed by atoms with Crippen molar-refractivity contribution in [2.45, 2.75) is 11.7 Å². The average molecular weight is 276 g/mol. The summed E-state index contributed by atoms with van der Waals surface area (Å²) in [6.07, 6.45) is -0.368. The number of sulfonamides is 1. The molecule has 2 rings (SSSR count). The Morgan fingerprint density at radius 3 is 2.28 bits per heavy atom. The number of benzene rings is 1. The maximum absolute atomic E-state index is 13.5. The van der Waals surface area contributed by atoms with E-state index in [1.807, 2.05) is 0 Å². The first-order valence-electron chi connectivity index (χ1n) is 5.06. The van der Waals surface area contributed by atoms with Crippen molar-refractivity contribution in [1.29, 1.82) is 0 Å². The first-order valence-corrected chi connectivity index (χ1v) is 6.67. The van der Waals surface area contributed by atoms with Gasteiger partial charge in [-0.25, -0.2) is 22.3 Å². The van der Waals surface area contributed by atoms with Gasteiger partial charge < -0.3 is 4.90 Å². The summed E-state index contributed by atoms with van der Waals surface area (Å²) in [6.45, 7) is -0.338. The van der Waals surface area contributed by atoms with Gasteiger partial charge in [-0.15, -0.1) is 0 Å². The predicted molar refractivity (Wildman–Crippen MR) is 60.2 cm³/mol. The normalized spacial score (nSPS) is 20.5. The molecule has 1 aliphatic heterocycles. The Kier molecular flexibility index (Phi) is 3.07. The van der Waals surface area contributed by atoms with Crippen LogP contribution in [0.25, 0.3) is 0 Å². The number of nitrogens with zero attached hydrogens (tertiary/aromatic N) is 1. The van der Waals surface area contributed by atoms with Gasteiger partial charge in [0.05, 0.1) is 0 Å². The molecule has 1 unspecified atom stereocenters. The molecule has 1 fully saturated rings. The molecule has 0 aromatic heterocycles. The minimum Gasteiger partial charge on any atom is -0.306 e. The van der Waals surface area contributed by atoms with Gasteiger partial charge in [0.15, 0.2) is 0 Å². The quantitative estimate of drug-likeness (QED) is 0.846. The van der Waals surface area contributed by atoms with Gasteiger partial charge in [0.25, 0.3) is 0 Å². The van der Waals surface area contributed by atoms with Gasteiger partial charge >= 0.3 is 0 Å². The number of hydrogen-bond acceptors (Lipinski definition) is 3. The van der Waals surface area contributed by atoms with Crippen LogP contribution in [-0.2, 0) is 14.8 Å². The van der Waals surface area contributed by atoms with Crippen LogP contribution >= 0.6 is 0 Å². The van der Waals surface area contributed by atoms with Crippen LogP contribution in [0.5, 0.6) is 0 Å². The highest BCUT2D eigenvalue weighted by Crippen LogP contribution is 2.28. The summed E-state index contributed by atoms with van der Waals surface area (Å²) in [6, 6.07) is 3.15. The Morgan fingerprint density at radius 1 is 1.28 bits per heavy atom. The van der Waals surface area contributed by atoms with Gasteiger partial charge in [0.2, 0.25) is 15.9 Å². The topological polar surface area (TPSA) is 80.5 Å². The minimum atomic E-state index is -3.91. The van der Waals surface area contributed by atoms with Gasteiger partial charge in [0.1, 0.15) is 22.6 Å². The van der Waals surface area contributed by atoms with E-state index in [2.05, 4.69) is 0 Å². The highest BCUT2D eigenvalue weighted by Gasteiger charge is 2.39. The molecule has 18 heavy (non-hydrogen) atoms. The lowest BCUT2D eigenvalue weighted by Crippen LogP contribution is -2.32. The lowest BCUT2D eigenvalue weighted by Gasteiger charge is -2.17. The third-order valence-corrected chi connectivity index (χ3v) is 4.01. The monoisotopic (exact) mass is 276 g/mol. The zero-order valence-electron chi connectivity index (χ0n) is 9.14. The molecule has 0 saturated carbocycles. The summed E-state index contributed by atoms with van der Waals surface area (Å²) in [5.74, 6) is -2.50. The summed E-state index contributed by atoms with van der Waals surface area (Å²) in [7, 11) is -3.91. The Bertz CT molecular complexity index is 583. The maximum Gasteiger partial charge on any atom is 0.228 e. The molecule has 0 radical (unpaired) electrons. The molecule has 1 aliphatic rings. The number of hydrogen-bond donors (Lipinski definition) is 1. The van der Waals surface area contributed by atoms with Gasteiger partial charge in [-0.1, -0.05) is 6.07 Å². The molecule has 0 spiro atoms. The zero-order chi connectivity index (χ0) is 13.5. The Morgan fingerprint density at radius 2 is 1.83 bits per heavy atom. The van der Waals surface area contributed by atoms with Gasteiger partial charge in [-0.2, -0.15) is 0 Å². The van der Waals surface area contributed by atoms with Crippen LogP contribution in [-0.4, -0.2) is 26.1 Å². The van der Waals surface area contributed by atoms with E-state index in [1.165, 1.54) is 0 Å². The van der Waals surface area contributed by atoms with Crippen LogP contribution in [0.15, 0.2) is 18.2 Å². The van der Waals surface area contributed by atoms with E-state index in [1.54, 1.807) is 0 Å². The van der Waals surface area contributed by atoms with E-state index in [-0.39, 0.29) is 13.0 Å². The molecule has 1 saturated heterocycles. The second-order valence-electron chi connectivity index (χ2n) is 3.99. The van der Waals surface area contributed by atoms with Gasteiger partial charge in [-0.05, 0) is 12.1 Å². The molecular formula is C10H10F2N2O3S. The molecule has 1 aromatic rings. The summed E-state index contributed by atoms with van der Waals surface area (Å²) in [5, 5.41) is 3.79. The number of amides is 1. The smallest absolute Gasteiger partial charge is 0.228 e. The fourth-order valence-corrected chi connectivity index (χ4v) is 2.59. The average Bonchev–Trinajstić information content (AvgIpc) is 2.60. The van der Waals surface area contributed by atoms with E-state index in [0.717, 1.165) is 23.1 Å². The molecule has 0 bridgehead atoms. The SMILES string of the molecule is NS(=O)(=O)C1CC(=O)N(c2c(F)cccc2F)C1. The van der Waals surface area contributed by atoms with Gasteiger partial charge in [-0.3, -0.25) is 4.79 Å². The first-order chi connectivity index (χ1) is 8.30. The van der Waals surface area contributed by atoms with Crippen molar-refractivity contribution >= 4 is 21.6 Å². The minimum absolute atomic E-state index is 0.338. The van der Waals surface area contributed by atoms with E-state index in [4.69, 9.17) is 5.14 Å². The summed E-state index contributed by atoms with van der Waals surface area (Å²) >= 11 is 0. The molecule has 5 nitrogen and oxygen atoms in total. The van der Waals surface area contributed by atoms with Gasteiger partial charge in [0, 0.05) is 13.0 Å². The predicted octanol–water partition coefficient (Wildman–Crippen LogP) is 0.359. The molecule has 8 heteroatoms. The largest absolute Gasteiger partial charge is 0.306 e. The van der Waals surface area contributed by atoms with Crippen LogP contribution in [0.1, 0.15) is 6.42 Å². The van der Waals surface area contributed by atoms with Crippen molar-refractivity contribution in [3.05, 3.63) is 29.8 Å². The first kappa shape index (κ1) is 12.9. The third kappa shape index (κ3) is 2.21. The number of carbonyl (C=O) groups excluding carboxylic acids is 1. The third-order valence-electron chi connectivity index (χ3n) is 2.76. The molecule has 1 aromatic carbocycles. The lowest BCUT2D eigenvalue weighted by atomic mass is 10.2. The summed E-state index contributed by atoms with van der Waals surface area (Å²) in [5.41, 5.74) is -0.534. The molecule has 98 valence electrons. The highest BCUT2D eigenvalue weighted by atomic mass is 32.2. The number of anilines is 1. The van der Waals surface area contributed by atoms with Crippen LogP contribution in [0.4, 0.5) is 14.5 Å². The molecule has 1 amide bonds. The number of rotatable bonds is 2. The number of primary sulfonamides is 1. The molecule has 2 N–H and O–H groups in total. The molecular weight excluding hydrogens is 266 g/mol. The van der Waals surface area contributed by atoms with Crippen LogP contribution in [0, 0.1) is 11.6 Å². The van der Waals surface area contributed by atoms with E-state index >= 15 is 0 Å². The van der Waals surface area contributed by atoms with Crippen molar-refractivity contribution in [2.75, 3.05) is 11.4 Å². The fourth-order valence-electron chi connectivity index (χ4n) is 1.86. The van der Waals surface area contributed by atoms with Crippen molar-refractivity contribution in [1.82, 2.24) is 0 Å². The van der Waals surface area contributed by atoms with Crippen molar-refractivity contribution in [3.8, 4) is 0 Å². The second kappa shape index (κ2) is 4.29. The van der Waals surface area contributed by atoms with E-state index in [0.29, 0.717) is 0 Å². The standard InChI is InChI=1S/C10H10F2N2O3S/c11-7-2-1-3-8(12)10(7)14-5-6(4-9(14)15)18(13,16)17/h1-3,6H,4-5H2,(H2,13,16,17). The zero-order valence-corrected chi connectivity index (χ0v) is 9.95. The van der Waals surface area contributed by atoms with Crippen molar-refractivity contribution in [2.24, 2.45) is 5.14 Å². The van der Waals surface area contributed by atoms with Crippen LogP contribution in [0.3, 0.4) is 0 Å². The van der Waals surface area contributed by atoms with Crippen LogP contribution < -0.4 is 10.0 Å². The number of carbonyl (C=O) groups is 1. The summed E-state index contributed by atoms with van der Waals surface area (Å²) in [4.78, 5) is 12.4. The Hall–Kier alpha value is -1.54. The van der Waals surface area contributed by atoms with Crippen molar-refractivity contribution < 1.29 is 22.0 Å². The second-order valence-corrected chi connectivity index (χ2v) is 5.83. The molecule has 1 atom stereocenters. The Labute approximate surface area is 102 Å². The van der Waals surface area contributed by atoms with Crippen LogP contribution in [0.2, 0.25) is 0 Å². The highest BCUT2D eigenvalue weighted by molar-refractivity contribution is 7.89.